The molecular formula is C13H19ClN2O3S. The Morgan fingerprint density at radius 3 is 2.60 bits per heavy atom. The van der Waals surface area contributed by atoms with E-state index in [2.05, 4.69) is 4.90 Å². The fourth-order valence-electron chi connectivity index (χ4n) is 2.19. The Kier molecular flexibility index (Phi) is 4.59. The molecule has 1 aliphatic heterocycles. The zero-order chi connectivity index (χ0) is 14.9. The third-order valence-corrected chi connectivity index (χ3v) is 5.84. The zero-order valence-electron chi connectivity index (χ0n) is 11.8. The molecule has 7 heteroatoms. The number of nitrogens with zero attached hydrogens (tertiary/aromatic N) is 2. The van der Waals surface area contributed by atoms with E-state index in [0.29, 0.717) is 23.9 Å². The van der Waals surface area contributed by atoms with Crippen molar-refractivity contribution in [2.75, 3.05) is 33.8 Å². The Morgan fingerprint density at radius 2 is 2.05 bits per heavy atom. The van der Waals surface area contributed by atoms with E-state index >= 15 is 0 Å². The second kappa shape index (κ2) is 5.89. The molecule has 2 rings (SSSR count). The molecule has 5 nitrogen and oxygen atoms in total. The largest absolute Gasteiger partial charge is 0.495 e. The Bertz CT molecular complexity index is 591. The molecule has 1 aromatic rings. The van der Waals surface area contributed by atoms with E-state index in [-0.39, 0.29) is 10.9 Å². The second-order valence-electron chi connectivity index (χ2n) is 4.99. The van der Waals surface area contributed by atoms with Crippen LogP contribution in [0.5, 0.6) is 5.75 Å². The minimum atomic E-state index is -3.50. The van der Waals surface area contributed by atoms with Gasteiger partial charge in [0.2, 0.25) is 10.0 Å². The summed E-state index contributed by atoms with van der Waals surface area (Å²) in [5.41, 5.74) is 0. The van der Waals surface area contributed by atoms with Gasteiger partial charge in [-0.15, -0.1) is 0 Å². The van der Waals surface area contributed by atoms with E-state index in [0.717, 1.165) is 6.54 Å². The number of hydrogen-bond donors (Lipinski definition) is 0. The van der Waals surface area contributed by atoms with Crippen molar-refractivity contribution in [1.82, 2.24) is 9.21 Å². The monoisotopic (exact) mass is 318 g/mol. The molecule has 0 aliphatic carbocycles. The molecule has 0 radical (unpaired) electrons. The highest BCUT2D eigenvalue weighted by molar-refractivity contribution is 7.89. The third-order valence-electron chi connectivity index (χ3n) is 3.68. The van der Waals surface area contributed by atoms with Gasteiger partial charge < -0.3 is 9.64 Å². The smallest absolute Gasteiger partial charge is 0.243 e. The minimum absolute atomic E-state index is 0.201. The van der Waals surface area contributed by atoms with Gasteiger partial charge in [-0.1, -0.05) is 11.6 Å². The van der Waals surface area contributed by atoms with Crippen molar-refractivity contribution in [2.24, 2.45) is 0 Å². The lowest BCUT2D eigenvalue weighted by molar-refractivity contribution is 0.159. The maximum Gasteiger partial charge on any atom is 0.243 e. The van der Waals surface area contributed by atoms with Crippen LogP contribution in [0.25, 0.3) is 0 Å². The molecule has 0 amide bonds. The highest BCUT2D eigenvalue weighted by atomic mass is 35.5. The fourth-order valence-corrected chi connectivity index (χ4v) is 4.05. The lowest BCUT2D eigenvalue weighted by Crippen LogP contribution is -2.51. The predicted molar refractivity (Wildman–Crippen MR) is 78.9 cm³/mol. The SMILES string of the molecule is COc1ccc(S(=O)(=O)N2CCN(C)C(C)C2)cc1Cl. The molecule has 0 bridgehead atoms. The van der Waals surface area contributed by atoms with Crippen LogP contribution in [0.15, 0.2) is 23.1 Å². The average molecular weight is 319 g/mol. The topological polar surface area (TPSA) is 49.9 Å². The van der Waals surface area contributed by atoms with Gasteiger partial charge in [0.25, 0.3) is 0 Å². The van der Waals surface area contributed by atoms with Gasteiger partial charge in [0.1, 0.15) is 5.75 Å². The first-order valence-corrected chi connectivity index (χ1v) is 8.22. The second-order valence-corrected chi connectivity index (χ2v) is 7.33. The Morgan fingerprint density at radius 1 is 1.35 bits per heavy atom. The summed E-state index contributed by atoms with van der Waals surface area (Å²) in [5, 5.41) is 0.302. The molecule has 1 aromatic carbocycles. The van der Waals surface area contributed by atoms with Crippen LogP contribution in [0, 0.1) is 0 Å². The van der Waals surface area contributed by atoms with Gasteiger partial charge in [0, 0.05) is 25.7 Å². The number of likely N-dealkylation sites (N-methyl/N-ethyl adjacent to an activating group) is 1. The number of benzene rings is 1. The number of hydrogen-bond acceptors (Lipinski definition) is 4. The molecule has 0 spiro atoms. The molecule has 1 saturated heterocycles. The Balaban J connectivity index is 2.29. The molecule has 112 valence electrons. The number of ether oxygens (including phenoxy) is 1. The van der Waals surface area contributed by atoms with E-state index in [9.17, 15) is 8.42 Å². The van der Waals surface area contributed by atoms with E-state index in [4.69, 9.17) is 16.3 Å². The molecule has 0 N–H and O–H groups in total. The maximum absolute atomic E-state index is 12.6. The molecule has 0 aromatic heterocycles. The van der Waals surface area contributed by atoms with Crippen molar-refractivity contribution < 1.29 is 13.2 Å². The molecular weight excluding hydrogens is 300 g/mol. The van der Waals surface area contributed by atoms with E-state index in [1.54, 1.807) is 6.07 Å². The molecule has 1 atom stereocenters. The van der Waals surface area contributed by atoms with Crippen molar-refractivity contribution in [3.05, 3.63) is 23.2 Å². The highest BCUT2D eigenvalue weighted by Crippen LogP contribution is 2.29. The van der Waals surface area contributed by atoms with Crippen molar-refractivity contribution in [2.45, 2.75) is 17.9 Å². The van der Waals surface area contributed by atoms with E-state index in [1.165, 1.54) is 23.5 Å². The first kappa shape index (κ1) is 15.6. The van der Waals surface area contributed by atoms with Gasteiger partial charge in [0.05, 0.1) is 17.0 Å². The van der Waals surface area contributed by atoms with Crippen molar-refractivity contribution in [3.8, 4) is 5.75 Å². The summed E-state index contributed by atoms with van der Waals surface area (Å²) >= 11 is 6.01. The molecule has 20 heavy (non-hydrogen) atoms. The first-order chi connectivity index (χ1) is 9.36. The molecule has 0 saturated carbocycles. The number of piperazine rings is 1. The molecule has 1 heterocycles. The van der Waals surface area contributed by atoms with Gasteiger partial charge in [0.15, 0.2) is 0 Å². The lowest BCUT2D eigenvalue weighted by Gasteiger charge is -2.36. The van der Waals surface area contributed by atoms with Crippen LogP contribution in [0.2, 0.25) is 5.02 Å². The average Bonchev–Trinajstić information content (AvgIpc) is 2.41. The predicted octanol–water partition coefficient (Wildman–Crippen LogP) is 1.67. The molecule has 1 fully saturated rings. The number of rotatable bonds is 3. The van der Waals surface area contributed by atoms with Gasteiger partial charge in [-0.2, -0.15) is 4.31 Å². The van der Waals surface area contributed by atoms with Crippen LogP contribution in [0.3, 0.4) is 0 Å². The number of halogens is 1. The van der Waals surface area contributed by atoms with Gasteiger partial charge in [-0.05, 0) is 32.2 Å². The zero-order valence-corrected chi connectivity index (χ0v) is 13.4. The van der Waals surface area contributed by atoms with Crippen LogP contribution in [0.1, 0.15) is 6.92 Å². The quantitative estimate of drug-likeness (QED) is 0.850. The summed E-state index contributed by atoms with van der Waals surface area (Å²) in [6, 6.07) is 4.75. The van der Waals surface area contributed by atoms with Crippen LogP contribution in [-0.2, 0) is 10.0 Å². The summed E-state index contributed by atoms with van der Waals surface area (Å²) < 4.78 is 31.8. The van der Waals surface area contributed by atoms with Crippen LogP contribution >= 0.6 is 11.6 Å². The highest BCUT2D eigenvalue weighted by Gasteiger charge is 2.31. The number of sulfonamides is 1. The summed E-state index contributed by atoms with van der Waals surface area (Å²) in [6.07, 6.45) is 0. The van der Waals surface area contributed by atoms with Gasteiger partial charge >= 0.3 is 0 Å². The maximum atomic E-state index is 12.6. The lowest BCUT2D eigenvalue weighted by atomic mass is 10.2. The van der Waals surface area contributed by atoms with Crippen molar-refractivity contribution >= 4 is 21.6 Å². The Labute approximate surface area is 125 Å². The summed E-state index contributed by atoms with van der Waals surface area (Å²) in [4.78, 5) is 2.35. The molecule has 1 unspecified atom stereocenters. The van der Waals surface area contributed by atoms with Crippen molar-refractivity contribution in [3.63, 3.8) is 0 Å². The fraction of sp³-hybridized carbons (Fsp3) is 0.538. The van der Waals surface area contributed by atoms with Crippen LogP contribution in [0.4, 0.5) is 0 Å². The molecule has 1 aliphatic rings. The minimum Gasteiger partial charge on any atom is -0.495 e. The third kappa shape index (κ3) is 2.93. The number of methoxy groups -OCH3 is 1. The summed E-state index contributed by atoms with van der Waals surface area (Å²) in [5.74, 6) is 0.470. The van der Waals surface area contributed by atoms with E-state index < -0.39 is 10.0 Å². The first-order valence-electron chi connectivity index (χ1n) is 6.40. The standard InChI is InChI=1S/C13H19ClN2O3S/c1-10-9-16(7-6-15(10)2)20(17,18)11-4-5-13(19-3)12(14)8-11/h4-5,8,10H,6-7,9H2,1-3H3. The normalized spacial score (nSPS) is 21.9. The van der Waals surface area contributed by atoms with E-state index in [1.807, 2.05) is 14.0 Å². The van der Waals surface area contributed by atoms with Crippen molar-refractivity contribution in [1.29, 1.82) is 0 Å². The van der Waals surface area contributed by atoms with Crippen LogP contribution < -0.4 is 4.74 Å². The van der Waals surface area contributed by atoms with Gasteiger partial charge in [-0.25, -0.2) is 8.42 Å². The Hall–Kier alpha value is -0.820. The van der Waals surface area contributed by atoms with Gasteiger partial charge in [-0.3, -0.25) is 0 Å². The summed E-state index contributed by atoms with van der Waals surface area (Å²) in [6.45, 7) is 3.72. The summed E-state index contributed by atoms with van der Waals surface area (Å²) in [7, 11) is -0.00275. The van der Waals surface area contributed by atoms with Crippen LogP contribution in [-0.4, -0.2) is 57.5 Å².